The molecule has 1 aliphatic rings. The molecule has 0 amide bonds. The maximum Gasteiger partial charge on any atom is 0.0388 e. The van der Waals surface area contributed by atoms with Gasteiger partial charge in [0.05, 0.1) is 0 Å². The van der Waals surface area contributed by atoms with Gasteiger partial charge >= 0.3 is 0 Å². The standard InChI is InChI=1S/C2H2NP/c1-2-4-3-1/h1-2H. The van der Waals surface area contributed by atoms with E-state index in [9.17, 15) is 0 Å². The monoisotopic (exact) mass is 71.0 g/mol. The van der Waals surface area contributed by atoms with Gasteiger partial charge in [-0.3, -0.25) is 0 Å². The molecule has 2 heteroatoms. The zero-order valence-corrected chi connectivity index (χ0v) is 2.94. The van der Waals surface area contributed by atoms with Gasteiger partial charge in [-0.05, 0) is 0 Å². The fourth-order valence-electron chi connectivity index (χ4n) is 0.0667. The quantitative estimate of drug-likeness (QED) is 0.384. The maximum atomic E-state index is 3.71. The summed E-state index contributed by atoms with van der Waals surface area (Å²) in [7, 11) is 1.12. The van der Waals surface area contributed by atoms with Gasteiger partial charge in [0.15, 0.2) is 0 Å². The smallest absolute Gasteiger partial charge is 0.0388 e. The number of hydrogen-bond donors (Lipinski definition) is 0. The van der Waals surface area contributed by atoms with Gasteiger partial charge in [-0.2, -0.15) is 0 Å². The minimum Gasteiger partial charge on any atom is -0.235 e. The van der Waals surface area contributed by atoms with Crippen LogP contribution < -0.4 is 0 Å². The highest BCUT2D eigenvalue weighted by molar-refractivity contribution is 7.32. The molecule has 1 nitrogen and oxygen atoms in total. The number of nitrogens with zero attached hydrogens (tertiary/aromatic N) is 1. The summed E-state index contributed by atoms with van der Waals surface area (Å²) in [6.07, 6.45) is 1.79. The molecule has 0 saturated carbocycles. The summed E-state index contributed by atoms with van der Waals surface area (Å²) in [5.41, 5.74) is 0. The van der Waals surface area contributed by atoms with E-state index in [-0.39, 0.29) is 0 Å². The lowest BCUT2D eigenvalue weighted by Crippen LogP contribution is -1.41. The molecule has 0 spiro atoms. The molecule has 0 radical (unpaired) electrons. The molecule has 0 atom stereocenters. The second kappa shape index (κ2) is 0.652. The Kier molecular flexibility index (Phi) is 0.342. The Hall–Kier alpha value is -0.160. The van der Waals surface area contributed by atoms with Crippen molar-refractivity contribution in [1.82, 2.24) is 0 Å². The predicted molar refractivity (Wildman–Crippen MR) is 18.5 cm³/mol. The first-order valence-electron chi connectivity index (χ1n) is 1.05. The molecule has 4 heavy (non-hydrogen) atoms. The molecular weight excluding hydrogens is 69.0 g/mol. The van der Waals surface area contributed by atoms with Crippen molar-refractivity contribution in [2.45, 2.75) is 0 Å². The highest BCUT2D eigenvalue weighted by Gasteiger charge is 1.67. The van der Waals surface area contributed by atoms with Crippen molar-refractivity contribution in [3.05, 3.63) is 12.0 Å². The normalized spacial score (nSPS) is 20.0. The summed E-state index contributed by atoms with van der Waals surface area (Å²) in [5.74, 6) is 1.99. The van der Waals surface area contributed by atoms with Crippen LogP contribution in [0.15, 0.2) is 16.8 Å². The SMILES string of the molecule is C1=CP=N1. The zero-order valence-electron chi connectivity index (χ0n) is 2.05. The molecule has 0 fully saturated rings. The Bertz CT molecular complexity index is 46.4. The first-order valence-corrected chi connectivity index (χ1v) is 1.97. The van der Waals surface area contributed by atoms with Crippen LogP contribution in [0.4, 0.5) is 0 Å². The van der Waals surface area contributed by atoms with Crippen molar-refractivity contribution in [2.75, 3.05) is 0 Å². The zero-order chi connectivity index (χ0) is 2.83. The highest BCUT2D eigenvalue weighted by Crippen LogP contribution is 2.10. The van der Waals surface area contributed by atoms with Gasteiger partial charge in [-0.15, -0.1) is 0 Å². The van der Waals surface area contributed by atoms with E-state index in [2.05, 4.69) is 4.74 Å². The average molecular weight is 71.0 g/mol. The summed E-state index contributed by atoms with van der Waals surface area (Å²) in [6.45, 7) is 0. The molecule has 0 aliphatic carbocycles. The van der Waals surface area contributed by atoms with E-state index >= 15 is 0 Å². The molecule has 20 valence electrons. The Morgan fingerprint density at radius 1 is 1.75 bits per heavy atom. The van der Waals surface area contributed by atoms with Crippen molar-refractivity contribution in [1.29, 1.82) is 0 Å². The summed E-state index contributed by atoms with van der Waals surface area (Å²) >= 11 is 0. The molecule has 0 aromatic carbocycles. The third kappa shape index (κ3) is 0.0880. The Morgan fingerprint density at radius 2 is 2.00 bits per heavy atom. The van der Waals surface area contributed by atoms with Crippen LogP contribution in [0.1, 0.15) is 0 Å². The Labute approximate surface area is 26.2 Å². The van der Waals surface area contributed by atoms with Crippen molar-refractivity contribution in [2.24, 2.45) is 4.74 Å². The van der Waals surface area contributed by atoms with E-state index in [1.54, 1.807) is 6.20 Å². The number of hydrogen-bond acceptors (Lipinski definition) is 1. The van der Waals surface area contributed by atoms with Gasteiger partial charge in [-0.1, -0.05) is 0 Å². The van der Waals surface area contributed by atoms with Crippen LogP contribution in [0.3, 0.4) is 0 Å². The van der Waals surface area contributed by atoms with Crippen molar-refractivity contribution in [3.8, 4) is 0 Å². The average Bonchev–Trinajstić information content (AvgIpc) is 0.722. The Balaban J connectivity index is 2.67. The molecule has 1 heterocycles. The first-order chi connectivity index (χ1) is 2.00. The molecule has 1 aliphatic heterocycles. The van der Waals surface area contributed by atoms with Crippen LogP contribution >= 0.6 is 8.37 Å². The highest BCUT2D eigenvalue weighted by atomic mass is 31.1. The molecule has 0 aromatic rings. The van der Waals surface area contributed by atoms with Gasteiger partial charge in [-0.25, -0.2) is 4.74 Å². The van der Waals surface area contributed by atoms with Crippen molar-refractivity contribution < 1.29 is 0 Å². The van der Waals surface area contributed by atoms with E-state index in [1.807, 2.05) is 5.82 Å². The molecule has 0 bridgehead atoms. The van der Waals surface area contributed by atoms with Crippen LogP contribution in [0.25, 0.3) is 0 Å². The van der Waals surface area contributed by atoms with E-state index in [1.165, 1.54) is 0 Å². The van der Waals surface area contributed by atoms with Gasteiger partial charge in [0.25, 0.3) is 0 Å². The summed E-state index contributed by atoms with van der Waals surface area (Å²) < 4.78 is 3.71. The molecule has 0 saturated heterocycles. The van der Waals surface area contributed by atoms with Crippen LogP contribution in [0.5, 0.6) is 0 Å². The molecule has 0 unspecified atom stereocenters. The van der Waals surface area contributed by atoms with E-state index in [4.69, 9.17) is 0 Å². The van der Waals surface area contributed by atoms with Crippen molar-refractivity contribution >= 4 is 8.37 Å². The van der Waals surface area contributed by atoms with Crippen LogP contribution in [-0.4, -0.2) is 0 Å². The largest absolute Gasteiger partial charge is 0.235 e. The second-order valence-corrected chi connectivity index (χ2v) is 1.29. The topological polar surface area (TPSA) is 12.4 Å². The molecule has 1 rings (SSSR count). The molecular formula is C2H2NP. The van der Waals surface area contributed by atoms with Gasteiger partial charge in [0.1, 0.15) is 0 Å². The third-order valence-corrected chi connectivity index (χ3v) is 0.800. The van der Waals surface area contributed by atoms with Crippen LogP contribution in [-0.2, 0) is 0 Å². The van der Waals surface area contributed by atoms with Crippen LogP contribution in [0.2, 0.25) is 0 Å². The first kappa shape index (κ1) is 2.10. The lowest BCUT2D eigenvalue weighted by atomic mass is 11.1. The lowest BCUT2D eigenvalue weighted by molar-refractivity contribution is 1.62. The third-order valence-electron chi connectivity index (χ3n) is 0.267. The molecule has 0 N–H and O–H groups in total. The minimum atomic E-state index is 1.12. The van der Waals surface area contributed by atoms with Gasteiger partial charge in [0, 0.05) is 20.4 Å². The minimum absolute atomic E-state index is 1.12. The Morgan fingerprint density at radius 3 is 2.00 bits per heavy atom. The van der Waals surface area contributed by atoms with E-state index in [0.29, 0.717) is 0 Å². The van der Waals surface area contributed by atoms with Gasteiger partial charge in [0.2, 0.25) is 0 Å². The lowest BCUT2D eigenvalue weighted by Gasteiger charge is -1.75. The fourth-order valence-corrected chi connectivity index (χ4v) is 0.200. The van der Waals surface area contributed by atoms with E-state index < -0.39 is 0 Å². The molecule has 0 aromatic heterocycles. The van der Waals surface area contributed by atoms with Gasteiger partial charge < -0.3 is 0 Å². The fraction of sp³-hybridized carbons (Fsp3) is 0. The predicted octanol–water partition coefficient (Wildman–Crippen LogP) is 1.60. The number of rotatable bonds is 0. The summed E-state index contributed by atoms with van der Waals surface area (Å²) in [5, 5.41) is 0. The maximum absolute atomic E-state index is 3.71. The summed E-state index contributed by atoms with van der Waals surface area (Å²) in [6, 6.07) is 0. The van der Waals surface area contributed by atoms with Crippen molar-refractivity contribution in [3.63, 3.8) is 0 Å². The van der Waals surface area contributed by atoms with E-state index in [0.717, 1.165) is 8.37 Å². The summed E-state index contributed by atoms with van der Waals surface area (Å²) in [4.78, 5) is 0. The second-order valence-electron chi connectivity index (χ2n) is 0.529. The van der Waals surface area contributed by atoms with Crippen LogP contribution in [0, 0.1) is 0 Å².